The zero-order valence-electron chi connectivity index (χ0n) is 12.0. The highest BCUT2D eigenvalue weighted by atomic mass is 32.1. The molecule has 0 saturated carbocycles. The number of hydrogen-bond acceptors (Lipinski definition) is 3. The van der Waals surface area contributed by atoms with Crippen LogP contribution < -0.4 is 5.32 Å². The maximum Gasteiger partial charge on any atom is 0.123 e. The molecule has 4 heteroatoms. The van der Waals surface area contributed by atoms with Gasteiger partial charge in [0.25, 0.3) is 0 Å². The molecule has 0 atom stereocenters. The van der Waals surface area contributed by atoms with Crippen molar-refractivity contribution in [2.75, 3.05) is 6.54 Å². The molecule has 20 heavy (non-hydrogen) atoms. The molecule has 1 N–H and O–H groups in total. The van der Waals surface area contributed by atoms with Crippen molar-refractivity contribution in [3.8, 4) is 10.6 Å². The van der Waals surface area contributed by atoms with Crippen LogP contribution in [0.3, 0.4) is 0 Å². The lowest BCUT2D eigenvalue weighted by atomic mass is 10.1. The summed E-state index contributed by atoms with van der Waals surface area (Å²) >= 11 is 1.60. The standard InChI is InChI=1S/C16H21FN2S/c1-12(2)4-3-9-18-10-15-11-20-16(19-15)13-5-7-14(17)8-6-13/h5-8,11-12,18H,3-4,9-10H2,1-2H3. The van der Waals surface area contributed by atoms with Gasteiger partial charge in [-0.05, 0) is 49.6 Å². The first kappa shape index (κ1) is 15.1. The molecule has 2 nitrogen and oxygen atoms in total. The van der Waals surface area contributed by atoms with Crippen LogP contribution in [0.15, 0.2) is 29.6 Å². The third-order valence-corrected chi connectivity index (χ3v) is 4.02. The number of aromatic nitrogens is 1. The summed E-state index contributed by atoms with van der Waals surface area (Å²) in [6.45, 7) is 6.32. The SMILES string of the molecule is CC(C)CCCNCc1csc(-c2ccc(F)cc2)n1. The van der Waals surface area contributed by atoms with Crippen LogP contribution in [0.2, 0.25) is 0 Å². The van der Waals surface area contributed by atoms with E-state index in [2.05, 4.69) is 29.5 Å². The van der Waals surface area contributed by atoms with Gasteiger partial charge in [-0.15, -0.1) is 11.3 Å². The Labute approximate surface area is 124 Å². The summed E-state index contributed by atoms with van der Waals surface area (Å²) in [4.78, 5) is 4.58. The molecule has 0 bridgehead atoms. The van der Waals surface area contributed by atoms with Crippen molar-refractivity contribution in [3.63, 3.8) is 0 Å². The minimum atomic E-state index is -0.211. The van der Waals surface area contributed by atoms with Crippen molar-refractivity contribution >= 4 is 11.3 Å². The van der Waals surface area contributed by atoms with Gasteiger partial charge in [-0.2, -0.15) is 0 Å². The van der Waals surface area contributed by atoms with Gasteiger partial charge in [0.05, 0.1) is 5.69 Å². The third-order valence-electron chi connectivity index (χ3n) is 3.08. The summed E-state index contributed by atoms with van der Waals surface area (Å²) in [5, 5.41) is 6.43. The predicted molar refractivity (Wildman–Crippen MR) is 83.3 cm³/mol. The van der Waals surface area contributed by atoms with Crippen LogP contribution in [0.5, 0.6) is 0 Å². The smallest absolute Gasteiger partial charge is 0.123 e. The molecule has 0 fully saturated rings. The van der Waals surface area contributed by atoms with Crippen molar-refractivity contribution in [1.82, 2.24) is 10.3 Å². The van der Waals surface area contributed by atoms with E-state index in [4.69, 9.17) is 0 Å². The van der Waals surface area contributed by atoms with Crippen LogP contribution in [0.4, 0.5) is 4.39 Å². The van der Waals surface area contributed by atoms with Crippen LogP contribution >= 0.6 is 11.3 Å². The fraction of sp³-hybridized carbons (Fsp3) is 0.438. The number of hydrogen-bond donors (Lipinski definition) is 1. The number of nitrogens with one attached hydrogen (secondary N) is 1. The largest absolute Gasteiger partial charge is 0.311 e. The van der Waals surface area contributed by atoms with Gasteiger partial charge in [-0.3, -0.25) is 0 Å². The van der Waals surface area contributed by atoms with E-state index in [-0.39, 0.29) is 5.82 Å². The van der Waals surface area contributed by atoms with Gasteiger partial charge in [-0.25, -0.2) is 9.37 Å². The van der Waals surface area contributed by atoms with Crippen molar-refractivity contribution in [2.24, 2.45) is 5.92 Å². The monoisotopic (exact) mass is 292 g/mol. The average molecular weight is 292 g/mol. The summed E-state index contributed by atoms with van der Waals surface area (Å²) in [5.41, 5.74) is 2.03. The van der Waals surface area contributed by atoms with Crippen molar-refractivity contribution in [2.45, 2.75) is 33.2 Å². The second kappa shape index (κ2) is 7.50. The molecule has 0 amide bonds. The first-order chi connectivity index (χ1) is 9.65. The van der Waals surface area contributed by atoms with E-state index >= 15 is 0 Å². The van der Waals surface area contributed by atoms with Crippen LogP contribution in [0.1, 0.15) is 32.4 Å². The number of halogens is 1. The Kier molecular flexibility index (Phi) is 5.68. The molecule has 0 radical (unpaired) electrons. The molecular weight excluding hydrogens is 271 g/mol. The lowest BCUT2D eigenvalue weighted by Gasteiger charge is -2.05. The quantitative estimate of drug-likeness (QED) is 0.761. The second-order valence-corrected chi connectivity index (χ2v) is 6.22. The summed E-state index contributed by atoms with van der Waals surface area (Å²) in [6, 6.07) is 6.49. The molecule has 2 aromatic rings. The summed E-state index contributed by atoms with van der Waals surface area (Å²) < 4.78 is 12.9. The maximum absolute atomic E-state index is 12.9. The van der Waals surface area contributed by atoms with Gasteiger partial charge in [-0.1, -0.05) is 13.8 Å². The number of benzene rings is 1. The van der Waals surface area contributed by atoms with Gasteiger partial charge in [0, 0.05) is 17.5 Å². The Morgan fingerprint density at radius 1 is 1.25 bits per heavy atom. The van der Waals surface area contributed by atoms with E-state index in [1.165, 1.54) is 25.0 Å². The minimum absolute atomic E-state index is 0.211. The first-order valence-corrected chi connectivity index (χ1v) is 7.94. The lowest BCUT2D eigenvalue weighted by Crippen LogP contribution is -2.15. The molecule has 0 unspecified atom stereocenters. The Morgan fingerprint density at radius 3 is 2.70 bits per heavy atom. The van der Waals surface area contributed by atoms with Gasteiger partial charge >= 0.3 is 0 Å². The maximum atomic E-state index is 12.9. The van der Waals surface area contributed by atoms with Gasteiger partial charge in [0.15, 0.2) is 0 Å². The van der Waals surface area contributed by atoms with Crippen molar-refractivity contribution < 1.29 is 4.39 Å². The normalized spacial score (nSPS) is 11.2. The van der Waals surface area contributed by atoms with Crippen molar-refractivity contribution in [1.29, 1.82) is 0 Å². The summed E-state index contributed by atoms with van der Waals surface area (Å²) in [6.07, 6.45) is 2.46. The zero-order valence-corrected chi connectivity index (χ0v) is 12.8. The van der Waals surface area contributed by atoms with Crippen LogP contribution in [0, 0.1) is 11.7 Å². The topological polar surface area (TPSA) is 24.9 Å². The van der Waals surface area contributed by atoms with Crippen LogP contribution in [-0.2, 0) is 6.54 Å². The van der Waals surface area contributed by atoms with E-state index in [1.807, 2.05) is 0 Å². The molecular formula is C16H21FN2S. The van der Waals surface area contributed by atoms with Crippen molar-refractivity contribution in [3.05, 3.63) is 41.2 Å². The Bertz CT molecular complexity index is 520. The Hall–Kier alpha value is -1.26. The summed E-state index contributed by atoms with van der Waals surface area (Å²) in [5.74, 6) is 0.554. The minimum Gasteiger partial charge on any atom is -0.311 e. The Balaban J connectivity index is 1.82. The van der Waals surface area contributed by atoms with E-state index in [9.17, 15) is 4.39 Å². The molecule has 0 aliphatic heterocycles. The highest BCUT2D eigenvalue weighted by Crippen LogP contribution is 2.23. The molecule has 1 aromatic carbocycles. The van der Waals surface area contributed by atoms with Crippen LogP contribution in [-0.4, -0.2) is 11.5 Å². The number of thiazole rings is 1. The number of nitrogens with zero attached hydrogens (tertiary/aromatic N) is 1. The van der Waals surface area contributed by atoms with Gasteiger partial charge < -0.3 is 5.32 Å². The Morgan fingerprint density at radius 2 is 2.00 bits per heavy atom. The van der Waals surface area contributed by atoms with Gasteiger partial charge in [0.2, 0.25) is 0 Å². The van der Waals surface area contributed by atoms with E-state index in [0.717, 1.165) is 35.3 Å². The fourth-order valence-corrected chi connectivity index (χ4v) is 2.79. The van der Waals surface area contributed by atoms with Crippen LogP contribution in [0.25, 0.3) is 10.6 Å². The highest BCUT2D eigenvalue weighted by molar-refractivity contribution is 7.13. The number of rotatable bonds is 7. The van der Waals surface area contributed by atoms with E-state index < -0.39 is 0 Å². The summed E-state index contributed by atoms with van der Waals surface area (Å²) in [7, 11) is 0. The van der Waals surface area contributed by atoms with Gasteiger partial charge in [0.1, 0.15) is 10.8 Å². The predicted octanol–water partition coefficient (Wildman–Crippen LogP) is 4.48. The lowest BCUT2D eigenvalue weighted by molar-refractivity contribution is 0.526. The molecule has 108 valence electrons. The average Bonchev–Trinajstić information content (AvgIpc) is 2.87. The first-order valence-electron chi connectivity index (χ1n) is 7.06. The van der Waals surface area contributed by atoms with E-state index in [1.54, 1.807) is 23.5 Å². The van der Waals surface area contributed by atoms with E-state index in [0.29, 0.717) is 0 Å². The highest BCUT2D eigenvalue weighted by Gasteiger charge is 2.04. The second-order valence-electron chi connectivity index (χ2n) is 5.36. The fourth-order valence-electron chi connectivity index (χ4n) is 1.96. The molecule has 1 aromatic heterocycles. The molecule has 0 aliphatic rings. The molecule has 1 heterocycles. The third kappa shape index (κ3) is 4.69. The molecule has 0 spiro atoms. The molecule has 0 aliphatic carbocycles. The zero-order chi connectivity index (χ0) is 14.4. The molecule has 0 saturated heterocycles. The molecule has 2 rings (SSSR count).